The largest absolute Gasteiger partial charge is 0.480 e. The highest BCUT2D eigenvalue weighted by atomic mass is 32.2. The summed E-state index contributed by atoms with van der Waals surface area (Å²) in [6.45, 7) is 0.0836. The summed E-state index contributed by atoms with van der Waals surface area (Å²) in [5.41, 5.74) is 6.19. The van der Waals surface area contributed by atoms with Gasteiger partial charge in [-0.25, -0.2) is 4.79 Å². The van der Waals surface area contributed by atoms with Crippen molar-refractivity contribution >= 4 is 35.5 Å². The predicted octanol–water partition coefficient (Wildman–Crippen LogP) is -0.0139. The lowest BCUT2D eigenvalue weighted by Crippen LogP contribution is -2.57. The first kappa shape index (κ1) is 24.7. The highest BCUT2D eigenvalue weighted by Gasteiger charge is 2.38. The van der Waals surface area contributed by atoms with Gasteiger partial charge < -0.3 is 26.4 Å². The van der Waals surface area contributed by atoms with E-state index in [1.807, 2.05) is 36.6 Å². The van der Waals surface area contributed by atoms with Gasteiger partial charge in [0.2, 0.25) is 17.7 Å². The van der Waals surface area contributed by atoms with Crippen molar-refractivity contribution in [3.63, 3.8) is 0 Å². The highest BCUT2D eigenvalue weighted by Crippen LogP contribution is 2.20. The number of hydrogen-bond acceptors (Lipinski definition) is 6. The number of likely N-dealkylation sites (tertiary alicyclic amines) is 1. The molecule has 0 spiro atoms. The second-order valence-corrected chi connectivity index (χ2v) is 8.37. The van der Waals surface area contributed by atoms with E-state index in [0.29, 0.717) is 31.6 Å². The maximum absolute atomic E-state index is 13.3. The zero-order valence-corrected chi connectivity index (χ0v) is 18.4. The summed E-state index contributed by atoms with van der Waals surface area (Å²) in [7, 11) is 0. The van der Waals surface area contributed by atoms with Crippen molar-refractivity contribution in [2.75, 3.05) is 25.1 Å². The van der Waals surface area contributed by atoms with E-state index in [1.54, 1.807) is 0 Å². The maximum Gasteiger partial charge on any atom is 0.326 e. The standard InChI is InChI=1S/C21H30N4O5S/c1-31-11-9-15(23-18(26)13-22)19(27)24-16(12-14-6-3-2-4-7-14)20(28)25-10-5-8-17(25)21(29)30/h2-4,6-7,15-17H,5,8-13,22H2,1H3,(H,23,26)(H,24,27)(H,29,30). The van der Waals surface area contributed by atoms with Gasteiger partial charge in [-0.1, -0.05) is 30.3 Å². The summed E-state index contributed by atoms with van der Waals surface area (Å²) >= 11 is 1.53. The molecule has 170 valence electrons. The van der Waals surface area contributed by atoms with Crippen LogP contribution in [-0.2, 0) is 25.6 Å². The Bertz CT molecular complexity index is 776. The molecular formula is C21H30N4O5S. The molecule has 1 aliphatic heterocycles. The molecule has 1 aliphatic rings. The third-order valence-corrected chi connectivity index (χ3v) is 5.81. The molecule has 5 N–H and O–H groups in total. The van der Waals surface area contributed by atoms with Gasteiger partial charge in [0.25, 0.3) is 0 Å². The lowest BCUT2D eigenvalue weighted by atomic mass is 10.0. The van der Waals surface area contributed by atoms with Gasteiger partial charge in [-0.15, -0.1) is 0 Å². The van der Waals surface area contributed by atoms with Gasteiger partial charge in [-0.05, 0) is 36.8 Å². The molecule has 1 heterocycles. The Balaban J connectivity index is 2.22. The van der Waals surface area contributed by atoms with E-state index >= 15 is 0 Å². The molecule has 9 nitrogen and oxygen atoms in total. The quantitative estimate of drug-likeness (QED) is 0.371. The van der Waals surface area contributed by atoms with Crippen LogP contribution in [0.5, 0.6) is 0 Å². The molecule has 0 bridgehead atoms. The molecule has 1 aromatic rings. The monoisotopic (exact) mass is 450 g/mol. The van der Waals surface area contributed by atoms with Crippen LogP contribution in [0.2, 0.25) is 0 Å². The Morgan fingerprint density at radius 3 is 2.52 bits per heavy atom. The molecule has 3 amide bonds. The van der Waals surface area contributed by atoms with Crippen molar-refractivity contribution in [1.82, 2.24) is 15.5 Å². The van der Waals surface area contributed by atoms with E-state index in [1.165, 1.54) is 16.7 Å². The van der Waals surface area contributed by atoms with Gasteiger partial charge in [0.15, 0.2) is 0 Å². The van der Waals surface area contributed by atoms with Crippen LogP contribution in [0.1, 0.15) is 24.8 Å². The van der Waals surface area contributed by atoms with Crippen molar-refractivity contribution in [3.8, 4) is 0 Å². The van der Waals surface area contributed by atoms with E-state index in [2.05, 4.69) is 10.6 Å². The topological polar surface area (TPSA) is 142 Å². The van der Waals surface area contributed by atoms with Crippen LogP contribution < -0.4 is 16.4 Å². The van der Waals surface area contributed by atoms with Crippen LogP contribution in [0.4, 0.5) is 0 Å². The number of aliphatic carboxylic acids is 1. The zero-order valence-electron chi connectivity index (χ0n) is 17.6. The Morgan fingerprint density at radius 1 is 1.19 bits per heavy atom. The van der Waals surface area contributed by atoms with Crippen LogP contribution in [0, 0.1) is 0 Å². The SMILES string of the molecule is CSCCC(NC(=O)CN)C(=O)NC(Cc1ccccc1)C(=O)N1CCCC1C(=O)O. The maximum atomic E-state index is 13.3. The lowest BCUT2D eigenvalue weighted by molar-refractivity contribution is -0.149. The molecule has 3 unspecified atom stereocenters. The van der Waals surface area contributed by atoms with Gasteiger partial charge in [-0.2, -0.15) is 11.8 Å². The van der Waals surface area contributed by atoms with E-state index in [4.69, 9.17) is 5.73 Å². The van der Waals surface area contributed by atoms with E-state index in [0.717, 1.165) is 5.56 Å². The Kier molecular flexibility index (Phi) is 9.80. The smallest absolute Gasteiger partial charge is 0.326 e. The van der Waals surface area contributed by atoms with Crippen molar-refractivity contribution in [2.45, 2.75) is 43.8 Å². The van der Waals surface area contributed by atoms with Crippen LogP contribution in [-0.4, -0.2) is 76.9 Å². The second kappa shape index (κ2) is 12.3. The molecule has 1 saturated heterocycles. The summed E-state index contributed by atoms with van der Waals surface area (Å²) in [6, 6.07) is 6.52. The molecule has 1 fully saturated rings. The van der Waals surface area contributed by atoms with E-state index in [-0.39, 0.29) is 13.0 Å². The summed E-state index contributed by atoms with van der Waals surface area (Å²) in [6.07, 6.45) is 3.47. The van der Waals surface area contributed by atoms with Gasteiger partial charge in [0, 0.05) is 13.0 Å². The van der Waals surface area contributed by atoms with Crippen molar-refractivity contribution in [2.24, 2.45) is 5.73 Å². The highest BCUT2D eigenvalue weighted by molar-refractivity contribution is 7.98. The van der Waals surface area contributed by atoms with Gasteiger partial charge in [-0.3, -0.25) is 14.4 Å². The minimum absolute atomic E-state index is 0.217. The van der Waals surface area contributed by atoms with Crippen molar-refractivity contribution in [3.05, 3.63) is 35.9 Å². The van der Waals surface area contributed by atoms with E-state index in [9.17, 15) is 24.3 Å². The number of carbonyl (C=O) groups excluding carboxylic acids is 3. The number of carboxylic acids is 1. The molecule has 0 saturated carbocycles. The number of benzene rings is 1. The average Bonchev–Trinajstić information content (AvgIpc) is 3.26. The summed E-state index contributed by atoms with van der Waals surface area (Å²) < 4.78 is 0. The molecule has 31 heavy (non-hydrogen) atoms. The second-order valence-electron chi connectivity index (χ2n) is 7.38. The Hall–Kier alpha value is -2.59. The minimum Gasteiger partial charge on any atom is -0.480 e. The molecule has 10 heteroatoms. The molecular weight excluding hydrogens is 420 g/mol. The number of carbonyl (C=O) groups is 4. The molecule has 1 aromatic carbocycles. The van der Waals surface area contributed by atoms with Crippen LogP contribution in [0.15, 0.2) is 30.3 Å². The fourth-order valence-corrected chi connectivity index (χ4v) is 4.04. The summed E-state index contributed by atoms with van der Waals surface area (Å²) in [4.78, 5) is 50.9. The minimum atomic E-state index is -1.05. The average molecular weight is 451 g/mol. The Morgan fingerprint density at radius 2 is 1.90 bits per heavy atom. The number of hydrogen-bond donors (Lipinski definition) is 4. The van der Waals surface area contributed by atoms with Crippen LogP contribution in [0.3, 0.4) is 0 Å². The molecule has 0 aliphatic carbocycles. The first-order valence-corrected chi connectivity index (χ1v) is 11.6. The van der Waals surface area contributed by atoms with Crippen LogP contribution >= 0.6 is 11.8 Å². The molecule has 2 rings (SSSR count). The number of thioether (sulfide) groups is 1. The first-order valence-electron chi connectivity index (χ1n) is 10.2. The number of nitrogens with zero attached hydrogens (tertiary/aromatic N) is 1. The fourth-order valence-electron chi connectivity index (χ4n) is 3.57. The zero-order chi connectivity index (χ0) is 22.8. The number of nitrogens with two attached hydrogens (primary N) is 1. The summed E-state index contributed by atoms with van der Waals surface area (Å²) in [5, 5.41) is 14.8. The van der Waals surface area contributed by atoms with Crippen molar-refractivity contribution in [1.29, 1.82) is 0 Å². The number of amides is 3. The number of rotatable bonds is 11. The van der Waals surface area contributed by atoms with Gasteiger partial charge in [0.05, 0.1) is 6.54 Å². The lowest BCUT2D eigenvalue weighted by Gasteiger charge is -2.29. The first-order chi connectivity index (χ1) is 14.9. The molecule has 3 atom stereocenters. The van der Waals surface area contributed by atoms with Crippen LogP contribution in [0.25, 0.3) is 0 Å². The molecule has 0 aromatic heterocycles. The Labute approximate surface area is 186 Å². The van der Waals surface area contributed by atoms with Gasteiger partial charge >= 0.3 is 5.97 Å². The predicted molar refractivity (Wildman–Crippen MR) is 118 cm³/mol. The number of nitrogens with one attached hydrogen (secondary N) is 2. The molecule has 0 radical (unpaired) electrons. The third-order valence-electron chi connectivity index (χ3n) is 5.17. The summed E-state index contributed by atoms with van der Waals surface area (Å²) in [5.74, 6) is -1.80. The number of carboxylic acid groups (broad SMARTS) is 1. The van der Waals surface area contributed by atoms with Gasteiger partial charge in [0.1, 0.15) is 18.1 Å². The van der Waals surface area contributed by atoms with Crippen molar-refractivity contribution < 1.29 is 24.3 Å². The van der Waals surface area contributed by atoms with E-state index < -0.39 is 41.8 Å². The fraction of sp³-hybridized carbons (Fsp3) is 0.524. The third kappa shape index (κ3) is 7.25. The normalized spacial score (nSPS) is 17.6.